The van der Waals surface area contributed by atoms with Gasteiger partial charge in [0, 0.05) is 0 Å². The first-order valence-electron chi connectivity index (χ1n) is 5.49. The highest BCUT2D eigenvalue weighted by molar-refractivity contribution is 5.70. The minimum absolute atomic E-state index is 0.0628. The number of ether oxygens (including phenoxy) is 2. The van der Waals surface area contributed by atoms with E-state index in [0.29, 0.717) is 17.8 Å². The van der Waals surface area contributed by atoms with Gasteiger partial charge in [0.25, 0.3) is 0 Å². The molecule has 0 saturated heterocycles. The molecule has 2 aromatic rings. The largest absolute Gasteiger partial charge is 0.573 e. The highest BCUT2D eigenvalue weighted by atomic mass is 19.4. The van der Waals surface area contributed by atoms with Crippen molar-refractivity contribution in [1.29, 1.82) is 0 Å². The molecule has 0 N–H and O–H groups in total. The molecule has 0 saturated carbocycles. The number of carbonyl (C=O) groups is 1. The molecule has 20 heavy (non-hydrogen) atoms. The predicted molar refractivity (Wildman–Crippen MR) is 61.6 cm³/mol. The van der Waals surface area contributed by atoms with Crippen molar-refractivity contribution < 1.29 is 31.9 Å². The maximum absolute atomic E-state index is 12.0. The Morgan fingerprint density at radius 3 is 2.25 bits per heavy atom. The molecule has 0 spiro atoms. The molecule has 4 nitrogen and oxygen atoms in total. The average Bonchev–Trinajstić information content (AvgIpc) is 2.84. The molecular weight excluding hydrogens is 277 g/mol. The van der Waals surface area contributed by atoms with Crippen LogP contribution in [-0.4, -0.2) is 12.6 Å². The summed E-state index contributed by atoms with van der Waals surface area (Å²) < 4.78 is 49.9. The van der Waals surface area contributed by atoms with Gasteiger partial charge in [-0.05, 0) is 36.4 Å². The fourth-order valence-corrected chi connectivity index (χ4v) is 1.43. The summed E-state index contributed by atoms with van der Waals surface area (Å²) in [5.74, 6) is 0.634. The van der Waals surface area contributed by atoms with Gasteiger partial charge in [0.05, 0.1) is 0 Å². The normalized spacial score (nSPS) is 11.2. The lowest BCUT2D eigenvalue weighted by Crippen LogP contribution is -2.16. The lowest BCUT2D eigenvalue weighted by atomic mass is 10.3. The zero-order chi connectivity index (χ0) is 14.6. The molecule has 0 aliphatic carbocycles. The van der Waals surface area contributed by atoms with Crippen LogP contribution in [0.1, 0.15) is 16.3 Å². The van der Waals surface area contributed by atoms with Gasteiger partial charge in [-0.2, -0.15) is 0 Å². The first-order valence-corrected chi connectivity index (χ1v) is 5.49. The molecule has 1 heterocycles. The third-order valence-electron chi connectivity index (χ3n) is 2.24. The summed E-state index contributed by atoms with van der Waals surface area (Å²) in [4.78, 5) is 10.4. The summed E-state index contributed by atoms with van der Waals surface area (Å²) in [7, 11) is 0. The maximum Gasteiger partial charge on any atom is 0.573 e. The van der Waals surface area contributed by atoms with E-state index in [-0.39, 0.29) is 18.1 Å². The van der Waals surface area contributed by atoms with Crippen molar-refractivity contribution in [3.63, 3.8) is 0 Å². The standard InChI is InChI=1S/C13H9F3O4/c14-13(15,16)20-10-3-1-9(2-4-10)18-8-12-6-5-11(7-17)19-12/h1-7H,8H2. The van der Waals surface area contributed by atoms with Crippen LogP contribution in [0.25, 0.3) is 0 Å². The predicted octanol–water partition coefficient (Wildman–Crippen LogP) is 3.57. The number of hydrogen-bond acceptors (Lipinski definition) is 4. The summed E-state index contributed by atoms with van der Waals surface area (Å²) in [6.07, 6.45) is -4.16. The molecule has 7 heteroatoms. The number of aldehydes is 1. The Labute approximate surface area is 111 Å². The molecule has 106 valence electrons. The Balaban J connectivity index is 1.92. The number of furan rings is 1. The van der Waals surface area contributed by atoms with E-state index in [1.54, 1.807) is 6.07 Å². The van der Waals surface area contributed by atoms with Crippen molar-refractivity contribution in [2.75, 3.05) is 0 Å². The van der Waals surface area contributed by atoms with E-state index in [1.807, 2.05) is 0 Å². The number of hydrogen-bond donors (Lipinski definition) is 0. The summed E-state index contributed by atoms with van der Waals surface area (Å²) in [5, 5.41) is 0. The molecule has 0 unspecified atom stereocenters. The van der Waals surface area contributed by atoms with Gasteiger partial charge < -0.3 is 13.9 Å². The quantitative estimate of drug-likeness (QED) is 0.788. The Bertz CT molecular complexity index is 572. The van der Waals surface area contributed by atoms with Gasteiger partial charge in [0.2, 0.25) is 0 Å². The highest BCUT2D eigenvalue weighted by Crippen LogP contribution is 2.25. The van der Waals surface area contributed by atoms with E-state index in [2.05, 4.69) is 4.74 Å². The molecule has 1 aromatic heterocycles. The van der Waals surface area contributed by atoms with Crippen LogP contribution in [0, 0.1) is 0 Å². The van der Waals surface area contributed by atoms with E-state index in [4.69, 9.17) is 9.15 Å². The third kappa shape index (κ3) is 4.04. The molecule has 0 aliphatic rings. The molecule has 1 aromatic carbocycles. The second kappa shape index (κ2) is 5.68. The molecule has 2 rings (SSSR count). The van der Waals surface area contributed by atoms with Crippen molar-refractivity contribution >= 4 is 6.29 Å². The van der Waals surface area contributed by atoms with Gasteiger partial charge in [0.1, 0.15) is 23.9 Å². The molecule has 0 amide bonds. The first-order chi connectivity index (χ1) is 9.46. The maximum atomic E-state index is 12.0. The Hall–Kier alpha value is -2.44. The topological polar surface area (TPSA) is 48.7 Å². The van der Waals surface area contributed by atoms with Crippen LogP contribution < -0.4 is 9.47 Å². The lowest BCUT2D eigenvalue weighted by molar-refractivity contribution is -0.274. The van der Waals surface area contributed by atoms with Gasteiger partial charge in [0.15, 0.2) is 12.0 Å². The summed E-state index contributed by atoms with van der Waals surface area (Å²) in [5.41, 5.74) is 0. The molecular formula is C13H9F3O4. The minimum Gasteiger partial charge on any atom is -0.486 e. The summed E-state index contributed by atoms with van der Waals surface area (Å²) >= 11 is 0. The fourth-order valence-electron chi connectivity index (χ4n) is 1.43. The molecule has 0 aliphatic heterocycles. The van der Waals surface area contributed by atoms with Crippen LogP contribution in [0.2, 0.25) is 0 Å². The first kappa shape index (κ1) is 14.0. The second-order valence-electron chi connectivity index (χ2n) is 3.73. The Morgan fingerprint density at radius 1 is 1.05 bits per heavy atom. The van der Waals surface area contributed by atoms with Crippen LogP contribution in [0.4, 0.5) is 13.2 Å². The zero-order valence-corrected chi connectivity index (χ0v) is 10.0. The van der Waals surface area contributed by atoms with Gasteiger partial charge in [-0.15, -0.1) is 13.2 Å². The van der Waals surface area contributed by atoms with E-state index >= 15 is 0 Å². The average molecular weight is 286 g/mol. The second-order valence-corrected chi connectivity index (χ2v) is 3.73. The van der Waals surface area contributed by atoms with Gasteiger partial charge in [-0.25, -0.2) is 0 Å². The van der Waals surface area contributed by atoms with E-state index in [9.17, 15) is 18.0 Å². The number of alkyl halides is 3. The van der Waals surface area contributed by atoms with Gasteiger partial charge >= 0.3 is 6.36 Å². The minimum atomic E-state index is -4.72. The summed E-state index contributed by atoms with van der Waals surface area (Å²) in [6, 6.07) is 8.02. The summed E-state index contributed by atoms with van der Waals surface area (Å²) in [6.45, 7) is 0.0628. The van der Waals surface area contributed by atoms with Crippen molar-refractivity contribution in [3.05, 3.63) is 47.9 Å². The molecule has 0 atom stereocenters. The Kier molecular flexibility index (Phi) is 3.97. The van der Waals surface area contributed by atoms with Crippen molar-refractivity contribution in [3.8, 4) is 11.5 Å². The van der Waals surface area contributed by atoms with E-state index in [1.165, 1.54) is 18.2 Å². The monoisotopic (exact) mass is 286 g/mol. The lowest BCUT2D eigenvalue weighted by Gasteiger charge is -2.09. The van der Waals surface area contributed by atoms with Crippen LogP contribution >= 0.6 is 0 Å². The highest BCUT2D eigenvalue weighted by Gasteiger charge is 2.30. The zero-order valence-electron chi connectivity index (χ0n) is 10.0. The number of halogens is 3. The molecule has 0 fully saturated rings. The van der Waals surface area contributed by atoms with Crippen LogP contribution in [0.15, 0.2) is 40.8 Å². The van der Waals surface area contributed by atoms with Crippen molar-refractivity contribution in [1.82, 2.24) is 0 Å². The van der Waals surface area contributed by atoms with E-state index in [0.717, 1.165) is 12.1 Å². The number of carbonyl (C=O) groups excluding carboxylic acids is 1. The SMILES string of the molecule is O=Cc1ccc(COc2ccc(OC(F)(F)F)cc2)o1. The molecule has 0 bridgehead atoms. The Morgan fingerprint density at radius 2 is 1.70 bits per heavy atom. The fraction of sp³-hybridized carbons (Fsp3) is 0.154. The smallest absolute Gasteiger partial charge is 0.486 e. The number of rotatable bonds is 5. The van der Waals surface area contributed by atoms with Gasteiger partial charge in [-0.3, -0.25) is 4.79 Å². The van der Waals surface area contributed by atoms with Crippen LogP contribution in [-0.2, 0) is 6.61 Å². The van der Waals surface area contributed by atoms with Crippen molar-refractivity contribution in [2.45, 2.75) is 13.0 Å². The number of benzene rings is 1. The van der Waals surface area contributed by atoms with Gasteiger partial charge in [-0.1, -0.05) is 0 Å². The molecule has 0 radical (unpaired) electrons. The van der Waals surface area contributed by atoms with E-state index < -0.39 is 6.36 Å². The van der Waals surface area contributed by atoms with Crippen molar-refractivity contribution in [2.24, 2.45) is 0 Å². The third-order valence-corrected chi connectivity index (χ3v) is 2.24. The van der Waals surface area contributed by atoms with Crippen LogP contribution in [0.5, 0.6) is 11.5 Å². The van der Waals surface area contributed by atoms with Crippen LogP contribution in [0.3, 0.4) is 0 Å².